The molecule has 2 aromatic heterocycles. The van der Waals surface area contributed by atoms with Gasteiger partial charge in [0.05, 0.1) is 16.6 Å². The van der Waals surface area contributed by atoms with Crippen LogP contribution in [0.5, 0.6) is 5.75 Å². The topological polar surface area (TPSA) is 138 Å². The van der Waals surface area contributed by atoms with Gasteiger partial charge in [0, 0.05) is 25.7 Å². The molecule has 4 aromatic rings. The lowest BCUT2D eigenvalue weighted by Crippen LogP contribution is -2.54. The summed E-state index contributed by atoms with van der Waals surface area (Å²) in [5.74, 6) is -2.77. The second kappa shape index (κ2) is 10.9. The van der Waals surface area contributed by atoms with Gasteiger partial charge in [-0.3, -0.25) is 4.79 Å². The molecule has 14 heteroatoms. The van der Waals surface area contributed by atoms with Gasteiger partial charge in [-0.15, -0.1) is 0 Å². The van der Waals surface area contributed by atoms with Crippen LogP contribution in [0.1, 0.15) is 6.92 Å². The van der Waals surface area contributed by atoms with Crippen molar-refractivity contribution in [2.24, 2.45) is 0 Å². The number of aromatic hydroxyl groups is 1. The van der Waals surface area contributed by atoms with E-state index in [0.29, 0.717) is 0 Å². The van der Waals surface area contributed by atoms with E-state index in [1.807, 2.05) is 0 Å². The number of nitrogens with one attached hydrogen (secondary N) is 1. The van der Waals surface area contributed by atoms with Crippen molar-refractivity contribution in [3.63, 3.8) is 0 Å². The predicted octanol–water partition coefficient (Wildman–Crippen LogP) is 2.56. The molecule has 5 rings (SSSR count). The number of phenolic OH excluding ortho intramolecular Hbond substituents is 1. The third kappa shape index (κ3) is 4.88. The molecule has 11 nitrogen and oxygen atoms in total. The Morgan fingerprint density at radius 2 is 1.86 bits per heavy atom. The number of fused-ring (bicyclic) bond motifs is 1. The maximum Gasteiger partial charge on any atom is 0.355 e. The molecule has 1 aliphatic heterocycles. The lowest BCUT2D eigenvalue weighted by molar-refractivity contribution is -0.126. The van der Waals surface area contributed by atoms with Crippen molar-refractivity contribution in [2.45, 2.75) is 17.9 Å². The number of piperazine rings is 1. The zero-order valence-electron chi connectivity index (χ0n) is 22.6. The normalized spacial score (nSPS) is 15.7. The van der Waals surface area contributed by atoms with E-state index in [9.17, 15) is 27.5 Å². The number of nitrogens with zero attached hydrogens (tertiary/aromatic N) is 5. The molecule has 1 fully saturated rings. The third-order valence-corrected chi connectivity index (χ3v) is 8.54. The van der Waals surface area contributed by atoms with Crippen LogP contribution in [0.2, 0.25) is 0 Å². The number of hydrogen-bond acceptors (Lipinski definition) is 8. The first kappa shape index (κ1) is 28.8. The molecule has 0 radical (unpaired) electrons. The van der Waals surface area contributed by atoms with E-state index in [4.69, 9.17) is 0 Å². The summed E-state index contributed by atoms with van der Waals surface area (Å²) in [4.78, 5) is 37.5. The number of carbonyl (C=O) groups excluding carboxylic acids is 1. The molecule has 1 aliphatic rings. The van der Waals surface area contributed by atoms with Crippen molar-refractivity contribution in [1.82, 2.24) is 24.2 Å². The number of para-hydroxylation sites is 1. The smallest absolute Gasteiger partial charge is 0.355 e. The van der Waals surface area contributed by atoms with Crippen molar-refractivity contribution in [1.29, 1.82) is 0 Å². The second-order valence-corrected chi connectivity index (χ2v) is 11.4. The fraction of sp³-hybridized carbons (Fsp3) is 0.214. The number of anilines is 1. The molecule has 0 unspecified atom stereocenters. The molecule has 42 heavy (non-hydrogen) atoms. The fourth-order valence-corrected chi connectivity index (χ4v) is 5.96. The van der Waals surface area contributed by atoms with Crippen molar-refractivity contribution in [3.8, 4) is 22.7 Å². The second-order valence-electron chi connectivity index (χ2n) is 9.58. The van der Waals surface area contributed by atoms with Crippen molar-refractivity contribution >= 4 is 32.8 Å². The molecule has 1 saturated heterocycles. The lowest BCUT2D eigenvalue weighted by atomic mass is 10.1. The van der Waals surface area contributed by atoms with Crippen LogP contribution in [0.15, 0.2) is 70.9 Å². The van der Waals surface area contributed by atoms with E-state index in [2.05, 4.69) is 21.3 Å². The van der Waals surface area contributed by atoms with E-state index in [-0.39, 0.29) is 59.0 Å². The summed E-state index contributed by atoms with van der Waals surface area (Å²) >= 11 is 0. The Labute approximate surface area is 239 Å². The maximum atomic E-state index is 15.7. The Morgan fingerprint density at radius 1 is 1.12 bits per heavy atom. The Morgan fingerprint density at radius 3 is 2.52 bits per heavy atom. The van der Waals surface area contributed by atoms with Gasteiger partial charge < -0.3 is 14.9 Å². The van der Waals surface area contributed by atoms with Gasteiger partial charge in [0.15, 0.2) is 11.5 Å². The molecule has 2 aromatic carbocycles. The van der Waals surface area contributed by atoms with Crippen LogP contribution in [0.25, 0.3) is 28.0 Å². The van der Waals surface area contributed by atoms with Gasteiger partial charge in [0.2, 0.25) is 15.9 Å². The average molecular weight is 597 g/mol. The highest BCUT2D eigenvalue weighted by atomic mass is 32.2. The van der Waals surface area contributed by atoms with Crippen LogP contribution in [0, 0.1) is 11.6 Å². The first-order valence-corrected chi connectivity index (χ1v) is 14.3. The number of phenols is 1. The first-order chi connectivity index (χ1) is 20.0. The van der Waals surface area contributed by atoms with E-state index >= 15 is 4.39 Å². The Balaban J connectivity index is 1.84. The summed E-state index contributed by atoms with van der Waals surface area (Å²) < 4.78 is 59.5. The molecule has 0 aliphatic carbocycles. The van der Waals surface area contributed by atoms with E-state index < -0.39 is 44.4 Å². The molecule has 1 amide bonds. The molecular formula is C28H26F2N6O5S. The average Bonchev–Trinajstić information content (AvgIpc) is 2.97. The Bertz CT molecular complexity index is 1890. The number of amides is 1. The van der Waals surface area contributed by atoms with Gasteiger partial charge in [-0.25, -0.2) is 36.3 Å². The molecule has 2 N–H and O–H groups in total. The van der Waals surface area contributed by atoms with Gasteiger partial charge in [0.25, 0.3) is 0 Å². The lowest BCUT2D eigenvalue weighted by Gasteiger charge is -2.40. The summed E-state index contributed by atoms with van der Waals surface area (Å²) in [6.07, 6.45) is 1.20. The van der Waals surface area contributed by atoms with Crippen molar-refractivity contribution < 1.29 is 27.1 Å². The van der Waals surface area contributed by atoms with E-state index in [1.165, 1.54) is 43.5 Å². The number of sulfonamides is 1. The van der Waals surface area contributed by atoms with Gasteiger partial charge in [-0.05, 0) is 50.4 Å². The minimum atomic E-state index is -4.10. The van der Waals surface area contributed by atoms with Crippen LogP contribution in [-0.2, 0) is 14.8 Å². The van der Waals surface area contributed by atoms with Crippen molar-refractivity contribution in [3.05, 3.63) is 83.3 Å². The maximum absolute atomic E-state index is 15.7. The largest absolute Gasteiger partial charge is 0.507 e. The quantitative estimate of drug-likeness (QED) is 0.324. The molecular weight excluding hydrogens is 570 g/mol. The number of aromatic nitrogens is 3. The van der Waals surface area contributed by atoms with Crippen LogP contribution >= 0.6 is 0 Å². The standard InChI is InChI=1S/C28H26F2N6O5S/c1-4-23(38)34-12-13-35(16(2)15-34)26-17-14-19(30)25(24-18(29)8-7-10-21(24)37)32-27(17)36(28(39)33-26)20-9-5-6-11-22(20)42(40,41)31-3/h4-11,14,16,31,37H,1,12-13,15H2,2-3H3/t16-/m0/s1. The summed E-state index contributed by atoms with van der Waals surface area (Å²) in [6, 6.07) is 9.67. The number of carbonyl (C=O) groups is 1. The third-order valence-electron chi connectivity index (χ3n) is 7.08. The number of benzene rings is 2. The highest BCUT2D eigenvalue weighted by Gasteiger charge is 2.31. The molecule has 1 atom stereocenters. The minimum Gasteiger partial charge on any atom is -0.507 e. The van der Waals surface area contributed by atoms with Crippen LogP contribution in [0.4, 0.5) is 14.6 Å². The van der Waals surface area contributed by atoms with Gasteiger partial charge in [-0.2, -0.15) is 4.98 Å². The monoisotopic (exact) mass is 596 g/mol. The van der Waals surface area contributed by atoms with Crippen molar-refractivity contribution in [2.75, 3.05) is 31.6 Å². The van der Waals surface area contributed by atoms with E-state index in [1.54, 1.807) is 16.7 Å². The highest BCUT2D eigenvalue weighted by molar-refractivity contribution is 7.89. The molecule has 0 saturated carbocycles. The number of halogens is 2. The molecule has 0 bridgehead atoms. The molecule has 218 valence electrons. The summed E-state index contributed by atoms with van der Waals surface area (Å²) in [5.41, 5.74) is -2.41. The fourth-order valence-electron chi connectivity index (χ4n) is 5.04. The number of pyridine rings is 1. The van der Waals surface area contributed by atoms with Gasteiger partial charge >= 0.3 is 5.69 Å². The van der Waals surface area contributed by atoms with Crippen LogP contribution < -0.4 is 15.3 Å². The summed E-state index contributed by atoms with van der Waals surface area (Å²) in [6.45, 7) is 6.07. The molecule has 3 heterocycles. The number of hydrogen-bond donors (Lipinski definition) is 2. The highest BCUT2D eigenvalue weighted by Crippen LogP contribution is 2.36. The van der Waals surface area contributed by atoms with Crippen LogP contribution in [0.3, 0.4) is 0 Å². The zero-order valence-corrected chi connectivity index (χ0v) is 23.4. The van der Waals surface area contributed by atoms with E-state index in [0.717, 1.165) is 22.8 Å². The van der Waals surface area contributed by atoms with Crippen LogP contribution in [-0.4, -0.2) is 71.6 Å². The number of rotatable bonds is 6. The Hall–Kier alpha value is -4.69. The SMILES string of the molecule is C=CC(=O)N1CCN(c2nc(=O)n(-c3ccccc3S(=O)(=O)NC)c3nc(-c4c(O)cccc4F)c(F)cc23)[C@@H](C)C1. The first-order valence-electron chi connectivity index (χ1n) is 12.8. The summed E-state index contributed by atoms with van der Waals surface area (Å²) in [5, 5.41) is 10.4. The molecule has 0 spiro atoms. The van der Waals surface area contributed by atoms with Gasteiger partial charge in [-0.1, -0.05) is 24.8 Å². The predicted molar refractivity (Wildman–Crippen MR) is 152 cm³/mol. The summed E-state index contributed by atoms with van der Waals surface area (Å²) in [7, 11) is -2.89. The Kier molecular flexibility index (Phi) is 7.51. The minimum absolute atomic E-state index is 0.0266. The zero-order chi connectivity index (χ0) is 30.3. The van der Waals surface area contributed by atoms with Gasteiger partial charge in [0.1, 0.15) is 28.0 Å².